The summed E-state index contributed by atoms with van der Waals surface area (Å²) in [7, 11) is 0. The van der Waals surface area contributed by atoms with E-state index in [0.717, 1.165) is 37.8 Å². The highest BCUT2D eigenvalue weighted by molar-refractivity contribution is 9.10. The minimum atomic E-state index is -0.118. The van der Waals surface area contributed by atoms with Gasteiger partial charge in [-0.1, -0.05) is 76.6 Å². The number of benzene rings is 3. The first kappa shape index (κ1) is 17.9. The highest BCUT2D eigenvalue weighted by Gasteiger charge is 2.26. The molecule has 4 nitrogen and oxygen atoms in total. The number of hydrogen-bond acceptors (Lipinski definition) is 3. The van der Waals surface area contributed by atoms with Crippen LogP contribution in [0.15, 0.2) is 93.2 Å². The fourth-order valence-corrected chi connectivity index (χ4v) is 4.28. The van der Waals surface area contributed by atoms with Crippen molar-refractivity contribution in [3.63, 3.8) is 0 Å². The summed E-state index contributed by atoms with van der Waals surface area (Å²) in [5.41, 5.74) is 8.40. The third kappa shape index (κ3) is 3.28. The summed E-state index contributed by atoms with van der Waals surface area (Å²) in [6, 6.07) is 26.2. The number of aromatic nitrogens is 1. The second kappa shape index (κ2) is 7.33. The van der Waals surface area contributed by atoms with E-state index in [9.17, 15) is 4.79 Å². The molecule has 0 saturated carbocycles. The molecule has 0 fully saturated rings. The van der Waals surface area contributed by atoms with Crippen molar-refractivity contribution in [3.05, 3.63) is 105 Å². The largest absolute Gasteiger partial charge is 0.321 e. The van der Waals surface area contributed by atoms with Crippen LogP contribution in [0.25, 0.3) is 22.0 Å². The number of nitrogens with zero attached hydrogens (tertiary/aromatic N) is 1. The number of pyridine rings is 1. The number of nitrogens with one attached hydrogen (secondary N) is 2. The van der Waals surface area contributed by atoms with Crippen LogP contribution in [0.4, 0.5) is 0 Å². The van der Waals surface area contributed by atoms with Crippen LogP contribution in [-0.4, -0.2) is 10.7 Å². The first-order valence-corrected chi connectivity index (χ1v) is 10.3. The smallest absolute Gasteiger partial charge is 0.258 e. The average molecular weight is 444 g/mol. The van der Waals surface area contributed by atoms with E-state index >= 15 is 0 Å². The predicted octanol–water partition coefficient (Wildman–Crippen LogP) is 5.40. The molecule has 3 aromatic carbocycles. The van der Waals surface area contributed by atoms with E-state index in [2.05, 4.69) is 49.6 Å². The topological polar surface area (TPSA) is 57.2 Å². The Labute approximate surface area is 176 Å². The lowest BCUT2D eigenvalue weighted by Gasteiger charge is -2.14. The number of aromatic amines is 1. The van der Waals surface area contributed by atoms with Gasteiger partial charge >= 0.3 is 0 Å². The van der Waals surface area contributed by atoms with Crippen molar-refractivity contribution in [2.24, 2.45) is 5.10 Å². The van der Waals surface area contributed by atoms with E-state index in [0.29, 0.717) is 12.0 Å². The summed E-state index contributed by atoms with van der Waals surface area (Å²) in [6.07, 6.45) is 0.659. The molecule has 0 saturated heterocycles. The SMILES string of the molecule is O=c1[nH]c2ccc(Br)cc2c(-c2ccccc2)c1C1=NN[C@@H](c2ccccc2)C1. The second-order valence-electron chi connectivity index (χ2n) is 7.12. The molecule has 1 aliphatic rings. The van der Waals surface area contributed by atoms with Crippen LogP contribution in [0.3, 0.4) is 0 Å². The van der Waals surface area contributed by atoms with Gasteiger partial charge in [0.05, 0.1) is 17.3 Å². The Balaban J connectivity index is 1.70. The number of rotatable bonds is 3. The van der Waals surface area contributed by atoms with E-state index in [1.54, 1.807) is 0 Å². The fourth-order valence-electron chi connectivity index (χ4n) is 3.92. The van der Waals surface area contributed by atoms with Crippen molar-refractivity contribution < 1.29 is 0 Å². The second-order valence-corrected chi connectivity index (χ2v) is 8.03. The number of H-pyrrole nitrogens is 1. The molecule has 0 amide bonds. The van der Waals surface area contributed by atoms with Gasteiger partial charge in [0.2, 0.25) is 0 Å². The van der Waals surface area contributed by atoms with Crippen LogP contribution < -0.4 is 11.0 Å². The van der Waals surface area contributed by atoms with Crippen LogP contribution >= 0.6 is 15.9 Å². The molecule has 5 heteroatoms. The van der Waals surface area contributed by atoms with Gasteiger partial charge in [0.1, 0.15) is 0 Å². The van der Waals surface area contributed by atoms with Crippen LogP contribution in [0, 0.1) is 0 Å². The number of hydrazone groups is 1. The molecule has 0 bridgehead atoms. The zero-order valence-electron chi connectivity index (χ0n) is 15.5. The van der Waals surface area contributed by atoms with Crippen molar-refractivity contribution >= 4 is 32.5 Å². The van der Waals surface area contributed by atoms with E-state index in [1.807, 2.05) is 60.7 Å². The number of hydrogen-bond donors (Lipinski definition) is 2. The van der Waals surface area contributed by atoms with E-state index in [4.69, 9.17) is 0 Å². The molecule has 29 heavy (non-hydrogen) atoms. The van der Waals surface area contributed by atoms with Crippen LogP contribution in [0.1, 0.15) is 23.6 Å². The summed E-state index contributed by atoms with van der Waals surface area (Å²) in [4.78, 5) is 16.2. The molecule has 1 aromatic heterocycles. The molecule has 5 rings (SSSR count). The van der Waals surface area contributed by atoms with Crippen molar-refractivity contribution in [1.82, 2.24) is 10.4 Å². The van der Waals surface area contributed by atoms with E-state index in [1.165, 1.54) is 0 Å². The zero-order chi connectivity index (χ0) is 19.8. The van der Waals surface area contributed by atoms with Gasteiger partial charge in [0, 0.05) is 27.4 Å². The van der Waals surface area contributed by atoms with Gasteiger partial charge in [-0.2, -0.15) is 5.10 Å². The molecule has 4 aromatic rings. The maximum atomic E-state index is 13.2. The van der Waals surface area contributed by atoms with Gasteiger partial charge < -0.3 is 10.4 Å². The minimum absolute atomic E-state index is 0.0624. The maximum Gasteiger partial charge on any atom is 0.258 e. The Morgan fingerprint density at radius 3 is 2.38 bits per heavy atom. The summed E-state index contributed by atoms with van der Waals surface area (Å²) >= 11 is 3.57. The quantitative estimate of drug-likeness (QED) is 0.445. The van der Waals surface area contributed by atoms with Crippen molar-refractivity contribution in [2.75, 3.05) is 0 Å². The number of fused-ring (bicyclic) bond motifs is 1. The molecule has 0 aliphatic carbocycles. The van der Waals surface area contributed by atoms with E-state index < -0.39 is 0 Å². The van der Waals surface area contributed by atoms with Crippen molar-refractivity contribution in [3.8, 4) is 11.1 Å². The van der Waals surface area contributed by atoms with E-state index in [-0.39, 0.29) is 11.6 Å². The number of halogens is 1. The molecule has 2 N–H and O–H groups in total. The molecule has 2 heterocycles. The average Bonchev–Trinajstić information content (AvgIpc) is 3.24. The van der Waals surface area contributed by atoms with Crippen LogP contribution in [0.5, 0.6) is 0 Å². The monoisotopic (exact) mass is 443 g/mol. The zero-order valence-corrected chi connectivity index (χ0v) is 17.1. The van der Waals surface area contributed by atoms with Gasteiger partial charge in [0.15, 0.2) is 0 Å². The summed E-state index contributed by atoms with van der Waals surface area (Å²) < 4.78 is 0.967. The molecule has 1 atom stereocenters. The summed E-state index contributed by atoms with van der Waals surface area (Å²) in [5, 5.41) is 5.57. The molecule has 142 valence electrons. The standard InChI is InChI=1S/C24H18BrN3O/c25-17-11-12-19-18(13-17)22(16-9-5-2-6-10-16)23(24(29)26-19)21-14-20(27-28-21)15-7-3-1-4-8-15/h1-13,20,27H,14H2,(H,26,29)/t20-/m1/s1. The maximum absolute atomic E-state index is 13.2. The Bertz CT molecular complexity index is 1280. The molecule has 0 spiro atoms. The van der Waals surface area contributed by atoms with Crippen LogP contribution in [0.2, 0.25) is 0 Å². The highest BCUT2D eigenvalue weighted by Crippen LogP contribution is 2.34. The van der Waals surface area contributed by atoms with Gasteiger partial charge in [-0.15, -0.1) is 0 Å². The molecule has 0 unspecified atom stereocenters. The lowest BCUT2D eigenvalue weighted by atomic mass is 9.91. The Morgan fingerprint density at radius 1 is 0.897 bits per heavy atom. The lowest BCUT2D eigenvalue weighted by molar-refractivity contribution is 0.620. The first-order chi connectivity index (χ1) is 14.2. The third-order valence-corrected chi connectivity index (χ3v) is 5.78. The summed E-state index contributed by atoms with van der Waals surface area (Å²) in [6.45, 7) is 0. The molecule has 1 aliphatic heterocycles. The fraction of sp³-hybridized carbons (Fsp3) is 0.0833. The van der Waals surface area contributed by atoms with Gasteiger partial charge in [-0.25, -0.2) is 0 Å². The Morgan fingerprint density at radius 2 is 1.62 bits per heavy atom. The Hall–Kier alpha value is -3.18. The third-order valence-electron chi connectivity index (χ3n) is 5.28. The normalized spacial score (nSPS) is 15.9. The van der Waals surface area contributed by atoms with Crippen molar-refractivity contribution in [1.29, 1.82) is 0 Å². The summed E-state index contributed by atoms with van der Waals surface area (Å²) in [5.74, 6) is 0. The van der Waals surface area contributed by atoms with Gasteiger partial charge in [0.25, 0.3) is 5.56 Å². The lowest BCUT2D eigenvalue weighted by Crippen LogP contribution is -2.20. The minimum Gasteiger partial charge on any atom is -0.321 e. The van der Waals surface area contributed by atoms with Gasteiger partial charge in [-0.05, 0) is 29.3 Å². The first-order valence-electron chi connectivity index (χ1n) is 9.49. The predicted molar refractivity (Wildman–Crippen MR) is 121 cm³/mol. The molecule has 0 radical (unpaired) electrons. The molecular weight excluding hydrogens is 426 g/mol. The van der Waals surface area contributed by atoms with Gasteiger partial charge in [-0.3, -0.25) is 4.79 Å². The molecular formula is C24H18BrN3O. The highest BCUT2D eigenvalue weighted by atomic mass is 79.9. The van der Waals surface area contributed by atoms with Crippen LogP contribution in [-0.2, 0) is 0 Å². The Kier molecular flexibility index (Phi) is 4.52. The van der Waals surface area contributed by atoms with Crippen molar-refractivity contribution in [2.45, 2.75) is 12.5 Å².